The zero-order chi connectivity index (χ0) is 18.7. The molecule has 0 saturated heterocycles. The molecule has 0 fully saturated rings. The summed E-state index contributed by atoms with van der Waals surface area (Å²) in [6.07, 6.45) is 1.59. The van der Waals surface area contributed by atoms with Gasteiger partial charge >= 0.3 is 0 Å². The lowest BCUT2D eigenvalue weighted by molar-refractivity contribution is -0.118. The number of carbonyl (C=O) groups is 1. The van der Waals surface area contributed by atoms with Crippen LogP contribution in [0.25, 0.3) is 0 Å². The van der Waals surface area contributed by atoms with Gasteiger partial charge in [0, 0.05) is 11.7 Å². The summed E-state index contributed by atoms with van der Waals surface area (Å²) in [4.78, 5) is 14.5. The standard InChI is InChI=1S/C19H23N3O3S/c1-14-12-16-4-2-3-5-18(16)22(14)19(23)13-21-11-10-15-6-8-17(9-7-15)26(20,24)25/h2-9,14,21H,10-13H2,1H3,(H2,20,24,25)/t14-/m0/s1. The number of primary sulfonamides is 1. The first kappa shape index (κ1) is 18.6. The van der Waals surface area contributed by atoms with Gasteiger partial charge in [0.2, 0.25) is 15.9 Å². The third kappa shape index (κ3) is 4.12. The number of rotatable bonds is 6. The summed E-state index contributed by atoms with van der Waals surface area (Å²) in [5.41, 5.74) is 3.20. The normalized spacial score (nSPS) is 16.5. The minimum atomic E-state index is -3.66. The van der Waals surface area contributed by atoms with Crippen molar-refractivity contribution in [1.29, 1.82) is 0 Å². The van der Waals surface area contributed by atoms with Gasteiger partial charge in [-0.1, -0.05) is 30.3 Å². The van der Waals surface area contributed by atoms with Crippen LogP contribution in [0.3, 0.4) is 0 Å². The van der Waals surface area contributed by atoms with Gasteiger partial charge in [0.1, 0.15) is 0 Å². The van der Waals surface area contributed by atoms with Crippen molar-refractivity contribution in [3.05, 3.63) is 59.7 Å². The number of nitrogens with two attached hydrogens (primary N) is 1. The van der Waals surface area contributed by atoms with E-state index >= 15 is 0 Å². The summed E-state index contributed by atoms with van der Waals surface area (Å²) in [5, 5.41) is 8.26. The summed E-state index contributed by atoms with van der Waals surface area (Å²) in [6.45, 7) is 2.96. The van der Waals surface area contributed by atoms with Crippen LogP contribution in [0.15, 0.2) is 53.4 Å². The van der Waals surface area contributed by atoms with E-state index in [4.69, 9.17) is 5.14 Å². The van der Waals surface area contributed by atoms with Gasteiger partial charge in [0.25, 0.3) is 0 Å². The highest BCUT2D eigenvalue weighted by molar-refractivity contribution is 7.89. The van der Waals surface area contributed by atoms with Gasteiger partial charge in [-0.2, -0.15) is 0 Å². The lowest BCUT2D eigenvalue weighted by Gasteiger charge is -2.23. The number of sulfonamides is 1. The van der Waals surface area contributed by atoms with Gasteiger partial charge in [0.15, 0.2) is 0 Å². The van der Waals surface area contributed by atoms with Crippen molar-refractivity contribution < 1.29 is 13.2 Å². The fourth-order valence-corrected chi connectivity index (χ4v) is 3.82. The van der Waals surface area contributed by atoms with Crippen molar-refractivity contribution >= 4 is 21.6 Å². The highest BCUT2D eigenvalue weighted by atomic mass is 32.2. The Morgan fingerprint density at radius 1 is 1.19 bits per heavy atom. The maximum Gasteiger partial charge on any atom is 0.241 e. The van der Waals surface area contributed by atoms with Gasteiger partial charge < -0.3 is 10.2 Å². The minimum absolute atomic E-state index is 0.0621. The Hall–Kier alpha value is -2.22. The maximum absolute atomic E-state index is 12.6. The number of fused-ring (bicyclic) bond motifs is 1. The van der Waals surface area contributed by atoms with E-state index in [1.807, 2.05) is 23.1 Å². The van der Waals surface area contributed by atoms with E-state index < -0.39 is 10.0 Å². The molecule has 138 valence electrons. The van der Waals surface area contributed by atoms with Crippen LogP contribution in [0.2, 0.25) is 0 Å². The van der Waals surface area contributed by atoms with Crippen molar-refractivity contribution in [3.8, 4) is 0 Å². The second kappa shape index (κ2) is 7.57. The first-order chi connectivity index (χ1) is 12.4. The molecule has 0 unspecified atom stereocenters. The van der Waals surface area contributed by atoms with Gasteiger partial charge in [0.05, 0.1) is 11.4 Å². The van der Waals surface area contributed by atoms with Gasteiger partial charge in [-0.25, -0.2) is 13.6 Å². The monoisotopic (exact) mass is 373 g/mol. The molecule has 0 spiro atoms. The number of amides is 1. The molecule has 1 amide bonds. The van der Waals surface area contributed by atoms with Crippen LogP contribution in [0.1, 0.15) is 18.1 Å². The SMILES string of the molecule is C[C@H]1Cc2ccccc2N1C(=O)CNCCc1ccc(S(N)(=O)=O)cc1. The Bertz CT molecular complexity index is 895. The number of para-hydroxylation sites is 1. The molecule has 0 aliphatic carbocycles. The summed E-state index contributed by atoms with van der Waals surface area (Å²) in [7, 11) is -3.66. The molecule has 3 N–H and O–H groups in total. The molecular formula is C19H23N3O3S. The molecule has 1 aliphatic rings. The Labute approximate surface area is 154 Å². The quantitative estimate of drug-likeness (QED) is 0.750. The fraction of sp³-hybridized carbons (Fsp3) is 0.316. The zero-order valence-electron chi connectivity index (χ0n) is 14.7. The van der Waals surface area contributed by atoms with Crippen molar-refractivity contribution in [2.45, 2.75) is 30.7 Å². The molecule has 1 heterocycles. The summed E-state index contributed by atoms with van der Waals surface area (Å²) in [5.74, 6) is 0.0621. The van der Waals surface area contributed by atoms with Crippen LogP contribution in [-0.2, 0) is 27.7 Å². The molecule has 6 nitrogen and oxygen atoms in total. The Kier molecular flexibility index (Phi) is 5.41. The van der Waals surface area contributed by atoms with Gasteiger partial charge in [-0.05, 0) is 55.6 Å². The molecule has 2 aromatic rings. The Morgan fingerprint density at radius 2 is 1.88 bits per heavy atom. The molecule has 0 saturated carbocycles. The highest BCUT2D eigenvalue weighted by Gasteiger charge is 2.29. The second-order valence-corrected chi connectivity index (χ2v) is 8.12. The molecule has 1 aliphatic heterocycles. The maximum atomic E-state index is 12.6. The first-order valence-electron chi connectivity index (χ1n) is 8.58. The third-order valence-corrected chi connectivity index (χ3v) is 5.52. The number of nitrogens with zero attached hydrogens (tertiary/aromatic N) is 1. The number of anilines is 1. The van der Waals surface area contributed by atoms with E-state index in [2.05, 4.69) is 18.3 Å². The van der Waals surface area contributed by atoms with Crippen molar-refractivity contribution in [1.82, 2.24) is 5.32 Å². The lowest BCUT2D eigenvalue weighted by Crippen LogP contribution is -2.41. The zero-order valence-corrected chi connectivity index (χ0v) is 15.5. The van der Waals surface area contributed by atoms with Gasteiger partial charge in [-0.3, -0.25) is 4.79 Å². The average molecular weight is 373 g/mol. The van der Waals surface area contributed by atoms with E-state index in [9.17, 15) is 13.2 Å². The van der Waals surface area contributed by atoms with E-state index in [0.717, 1.165) is 17.7 Å². The van der Waals surface area contributed by atoms with Crippen molar-refractivity contribution in [2.24, 2.45) is 5.14 Å². The third-order valence-electron chi connectivity index (χ3n) is 4.59. The van der Waals surface area contributed by atoms with Crippen molar-refractivity contribution in [3.63, 3.8) is 0 Å². The Morgan fingerprint density at radius 3 is 2.58 bits per heavy atom. The molecule has 26 heavy (non-hydrogen) atoms. The molecular weight excluding hydrogens is 350 g/mol. The lowest BCUT2D eigenvalue weighted by atomic mass is 10.1. The highest BCUT2D eigenvalue weighted by Crippen LogP contribution is 2.31. The largest absolute Gasteiger partial charge is 0.308 e. The number of carbonyl (C=O) groups excluding carboxylic acids is 1. The molecule has 3 rings (SSSR count). The van der Waals surface area contributed by atoms with Crippen molar-refractivity contribution in [2.75, 3.05) is 18.0 Å². The number of benzene rings is 2. The van der Waals surface area contributed by atoms with Crippen LogP contribution in [-0.4, -0.2) is 33.5 Å². The predicted octanol–water partition coefficient (Wildman–Crippen LogP) is 1.44. The number of hydrogen-bond acceptors (Lipinski definition) is 4. The average Bonchev–Trinajstić information content (AvgIpc) is 2.94. The van der Waals surface area contributed by atoms with E-state index in [1.165, 1.54) is 17.7 Å². The summed E-state index contributed by atoms with van der Waals surface area (Å²) < 4.78 is 22.5. The summed E-state index contributed by atoms with van der Waals surface area (Å²) in [6, 6.07) is 14.7. The predicted molar refractivity (Wildman–Crippen MR) is 101 cm³/mol. The van der Waals surface area contributed by atoms with Crippen LogP contribution >= 0.6 is 0 Å². The number of hydrogen-bond donors (Lipinski definition) is 2. The first-order valence-corrected chi connectivity index (χ1v) is 10.1. The smallest absolute Gasteiger partial charge is 0.241 e. The second-order valence-electron chi connectivity index (χ2n) is 6.56. The molecule has 0 radical (unpaired) electrons. The van der Waals surface area contributed by atoms with Gasteiger partial charge in [-0.15, -0.1) is 0 Å². The minimum Gasteiger partial charge on any atom is -0.308 e. The van der Waals surface area contributed by atoms with E-state index in [0.29, 0.717) is 13.0 Å². The van der Waals surface area contributed by atoms with Crippen LogP contribution in [0.5, 0.6) is 0 Å². The molecule has 2 aromatic carbocycles. The van der Waals surface area contributed by atoms with Crippen LogP contribution in [0, 0.1) is 0 Å². The Balaban J connectivity index is 1.50. The fourth-order valence-electron chi connectivity index (χ4n) is 3.30. The number of nitrogens with one attached hydrogen (secondary N) is 1. The van der Waals surface area contributed by atoms with Crippen LogP contribution < -0.4 is 15.4 Å². The van der Waals surface area contributed by atoms with E-state index in [1.54, 1.807) is 12.1 Å². The molecule has 0 aromatic heterocycles. The molecule has 0 bridgehead atoms. The van der Waals surface area contributed by atoms with Crippen LogP contribution in [0.4, 0.5) is 5.69 Å². The molecule has 1 atom stereocenters. The summed E-state index contributed by atoms with van der Waals surface area (Å²) >= 11 is 0. The topological polar surface area (TPSA) is 92.5 Å². The van der Waals surface area contributed by atoms with E-state index in [-0.39, 0.29) is 23.4 Å². The molecule has 7 heteroatoms.